The van der Waals surface area contributed by atoms with Crippen molar-refractivity contribution < 1.29 is 19.1 Å². The Balaban J connectivity index is 1.49. The Bertz CT molecular complexity index is 1500. The molecule has 0 saturated carbocycles. The Labute approximate surface area is 228 Å². The fourth-order valence-corrected chi connectivity index (χ4v) is 4.78. The van der Waals surface area contributed by atoms with Crippen molar-refractivity contribution in [1.82, 2.24) is 14.8 Å². The summed E-state index contributed by atoms with van der Waals surface area (Å²) < 4.78 is 12.6. The van der Waals surface area contributed by atoms with Gasteiger partial charge in [0.05, 0.1) is 25.4 Å². The van der Waals surface area contributed by atoms with E-state index in [-0.39, 0.29) is 11.7 Å². The number of carbonyl (C=O) groups is 2. The molecule has 0 radical (unpaired) electrons. The molecule has 0 fully saturated rings. The van der Waals surface area contributed by atoms with Crippen LogP contribution in [0.3, 0.4) is 0 Å². The molecule has 5 rings (SSSR count). The molecule has 1 aliphatic rings. The van der Waals surface area contributed by atoms with Crippen LogP contribution in [0, 0.1) is 0 Å². The molecule has 0 amide bonds. The lowest BCUT2D eigenvalue weighted by Crippen LogP contribution is -2.33. The van der Waals surface area contributed by atoms with E-state index in [1.54, 1.807) is 12.3 Å². The fourth-order valence-electron chi connectivity index (χ4n) is 4.78. The summed E-state index contributed by atoms with van der Waals surface area (Å²) in [5.41, 5.74) is 4.70. The number of carbonyl (C=O) groups excluding carboxylic acids is 2. The van der Waals surface area contributed by atoms with Gasteiger partial charge in [0.25, 0.3) is 0 Å². The maximum Gasteiger partial charge on any atom is 0.358 e. The zero-order valence-electron chi connectivity index (χ0n) is 22.7. The standard InChI is InChI=1S/C31H32N4O4/c1-31(2,3)39-30(37)28-24(23-17-32-35(19-23)18-21-9-6-5-7-10-21)13-14-27(33-28)34-16-15-22-11-8-12-25(26(22)20-34)29(36)38-4/h5-14,17,19H,15-16,18,20H2,1-4H3. The normalized spacial score (nSPS) is 13.1. The predicted octanol–water partition coefficient (Wildman–Crippen LogP) is 5.30. The SMILES string of the molecule is COC(=O)c1cccc2c1CN(c1ccc(-c3cnn(Cc4ccccc4)c3)c(C(=O)OC(C)(C)C)n1)CC2. The van der Waals surface area contributed by atoms with Crippen molar-refractivity contribution in [2.75, 3.05) is 18.6 Å². The number of pyridine rings is 1. The lowest BCUT2D eigenvalue weighted by atomic mass is 9.94. The Morgan fingerprint density at radius 1 is 0.974 bits per heavy atom. The van der Waals surface area contributed by atoms with Gasteiger partial charge in [-0.05, 0) is 62.1 Å². The van der Waals surface area contributed by atoms with Gasteiger partial charge in [0, 0.05) is 30.4 Å². The molecule has 0 aliphatic carbocycles. The van der Waals surface area contributed by atoms with Crippen molar-refractivity contribution in [1.29, 1.82) is 0 Å². The van der Waals surface area contributed by atoms with E-state index in [1.165, 1.54) is 7.11 Å². The van der Waals surface area contributed by atoms with E-state index in [2.05, 4.69) is 10.00 Å². The maximum atomic E-state index is 13.4. The molecule has 2 aromatic heterocycles. The van der Waals surface area contributed by atoms with Gasteiger partial charge in [-0.15, -0.1) is 0 Å². The minimum Gasteiger partial charge on any atom is -0.465 e. The summed E-state index contributed by atoms with van der Waals surface area (Å²) in [5.74, 6) is -0.219. The van der Waals surface area contributed by atoms with E-state index in [0.29, 0.717) is 36.6 Å². The highest BCUT2D eigenvalue weighted by atomic mass is 16.6. The van der Waals surface area contributed by atoms with Gasteiger partial charge in [-0.2, -0.15) is 5.10 Å². The van der Waals surface area contributed by atoms with Crippen LogP contribution in [0.15, 0.2) is 73.1 Å². The van der Waals surface area contributed by atoms with Crippen LogP contribution >= 0.6 is 0 Å². The molecule has 0 saturated heterocycles. The number of aromatic nitrogens is 3. The summed E-state index contributed by atoms with van der Waals surface area (Å²) in [5, 5.41) is 4.52. The topological polar surface area (TPSA) is 86.6 Å². The molecule has 0 atom stereocenters. The van der Waals surface area contributed by atoms with Crippen molar-refractivity contribution in [3.05, 3.63) is 101 Å². The highest BCUT2D eigenvalue weighted by Gasteiger charge is 2.27. The number of methoxy groups -OCH3 is 1. The van der Waals surface area contributed by atoms with Crippen LogP contribution in [-0.4, -0.2) is 46.0 Å². The van der Waals surface area contributed by atoms with Crippen molar-refractivity contribution in [3.63, 3.8) is 0 Å². The van der Waals surface area contributed by atoms with E-state index >= 15 is 0 Å². The summed E-state index contributed by atoms with van der Waals surface area (Å²) in [4.78, 5) is 32.7. The monoisotopic (exact) mass is 524 g/mol. The molecule has 1 aliphatic heterocycles. The van der Waals surface area contributed by atoms with Gasteiger partial charge < -0.3 is 14.4 Å². The first kappa shape index (κ1) is 26.2. The first-order valence-corrected chi connectivity index (χ1v) is 13.0. The molecule has 0 spiro atoms. The van der Waals surface area contributed by atoms with Crippen LogP contribution in [-0.2, 0) is 29.0 Å². The molecule has 39 heavy (non-hydrogen) atoms. The number of ether oxygens (including phenoxy) is 2. The number of benzene rings is 2. The molecular weight excluding hydrogens is 492 g/mol. The Morgan fingerprint density at radius 2 is 1.77 bits per heavy atom. The molecule has 0 bridgehead atoms. The number of esters is 2. The predicted molar refractivity (Wildman–Crippen MR) is 149 cm³/mol. The summed E-state index contributed by atoms with van der Waals surface area (Å²) >= 11 is 0. The Kier molecular flexibility index (Phi) is 7.19. The molecule has 0 unspecified atom stereocenters. The molecule has 3 heterocycles. The minimum atomic E-state index is -0.678. The number of hydrogen-bond acceptors (Lipinski definition) is 7. The Hall–Kier alpha value is -4.46. The van der Waals surface area contributed by atoms with E-state index in [9.17, 15) is 9.59 Å². The van der Waals surface area contributed by atoms with Crippen LogP contribution in [0.4, 0.5) is 5.82 Å². The highest BCUT2D eigenvalue weighted by Crippen LogP contribution is 2.31. The highest BCUT2D eigenvalue weighted by molar-refractivity contribution is 5.96. The van der Waals surface area contributed by atoms with Crippen molar-refractivity contribution in [2.45, 2.75) is 45.9 Å². The number of nitrogens with zero attached hydrogens (tertiary/aromatic N) is 4. The van der Waals surface area contributed by atoms with E-state index in [0.717, 1.165) is 28.7 Å². The van der Waals surface area contributed by atoms with E-state index in [1.807, 2.05) is 86.2 Å². The second-order valence-electron chi connectivity index (χ2n) is 10.6. The van der Waals surface area contributed by atoms with Crippen molar-refractivity contribution in [3.8, 4) is 11.1 Å². The first-order valence-electron chi connectivity index (χ1n) is 13.0. The summed E-state index contributed by atoms with van der Waals surface area (Å²) in [6.45, 7) is 7.30. The largest absolute Gasteiger partial charge is 0.465 e. The second-order valence-corrected chi connectivity index (χ2v) is 10.6. The number of rotatable bonds is 6. The van der Waals surface area contributed by atoms with Gasteiger partial charge in [0.15, 0.2) is 5.69 Å². The molecule has 8 nitrogen and oxygen atoms in total. The molecule has 4 aromatic rings. The van der Waals surface area contributed by atoms with Gasteiger partial charge in [-0.25, -0.2) is 14.6 Å². The van der Waals surface area contributed by atoms with Crippen LogP contribution in [0.2, 0.25) is 0 Å². The Morgan fingerprint density at radius 3 is 2.51 bits per heavy atom. The van der Waals surface area contributed by atoms with Crippen molar-refractivity contribution >= 4 is 17.8 Å². The fraction of sp³-hybridized carbons (Fsp3) is 0.290. The average Bonchev–Trinajstić information content (AvgIpc) is 3.39. The molecule has 0 N–H and O–H groups in total. The smallest absolute Gasteiger partial charge is 0.358 e. The van der Waals surface area contributed by atoms with Gasteiger partial charge in [-0.3, -0.25) is 4.68 Å². The van der Waals surface area contributed by atoms with E-state index < -0.39 is 11.6 Å². The lowest BCUT2D eigenvalue weighted by Gasteiger charge is -2.31. The molecule has 8 heteroatoms. The second kappa shape index (κ2) is 10.7. The number of hydrogen-bond donors (Lipinski definition) is 0. The quantitative estimate of drug-likeness (QED) is 0.317. The average molecular weight is 525 g/mol. The van der Waals surface area contributed by atoms with Gasteiger partial charge >= 0.3 is 11.9 Å². The third-order valence-electron chi connectivity index (χ3n) is 6.61. The summed E-state index contributed by atoms with van der Waals surface area (Å²) in [6.07, 6.45) is 4.40. The third kappa shape index (κ3) is 5.85. The minimum absolute atomic E-state index is 0.230. The van der Waals surface area contributed by atoms with Gasteiger partial charge in [-0.1, -0.05) is 42.5 Å². The first-order chi connectivity index (χ1) is 18.7. The van der Waals surface area contributed by atoms with Crippen LogP contribution < -0.4 is 4.90 Å². The van der Waals surface area contributed by atoms with Gasteiger partial charge in [0.2, 0.25) is 0 Å². The van der Waals surface area contributed by atoms with Crippen LogP contribution in [0.25, 0.3) is 11.1 Å². The van der Waals surface area contributed by atoms with Crippen LogP contribution in [0.1, 0.15) is 58.3 Å². The zero-order chi connectivity index (χ0) is 27.6. The van der Waals surface area contributed by atoms with E-state index in [4.69, 9.17) is 14.5 Å². The molecule has 200 valence electrons. The summed E-state index contributed by atoms with van der Waals surface area (Å²) in [6, 6.07) is 19.6. The third-order valence-corrected chi connectivity index (χ3v) is 6.61. The number of anilines is 1. The van der Waals surface area contributed by atoms with Crippen molar-refractivity contribution in [2.24, 2.45) is 0 Å². The zero-order valence-corrected chi connectivity index (χ0v) is 22.7. The van der Waals surface area contributed by atoms with Crippen LogP contribution in [0.5, 0.6) is 0 Å². The lowest BCUT2D eigenvalue weighted by molar-refractivity contribution is 0.00637. The van der Waals surface area contributed by atoms with Gasteiger partial charge in [0.1, 0.15) is 11.4 Å². The molecule has 2 aromatic carbocycles. The molecular formula is C31H32N4O4. The number of fused-ring (bicyclic) bond motifs is 1. The maximum absolute atomic E-state index is 13.4. The summed E-state index contributed by atoms with van der Waals surface area (Å²) in [7, 11) is 1.39.